The van der Waals surface area contributed by atoms with E-state index in [0.29, 0.717) is 18.2 Å². The van der Waals surface area contributed by atoms with Gasteiger partial charge in [0.2, 0.25) is 0 Å². The summed E-state index contributed by atoms with van der Waals surface area (Å²) in [5, 5.41) is 0. The van der Waals surface area contributed by atoms with Crippen LogP contribution in [0, 0.1) is 11.8 Å². The van der Waals surface area contributed by atoms with E-state index in [2.05, 4.69) is 28.7 Å². The molecule has 0 spiro atoms. The van der Waals surface area contributed by atoms with Crippen LogP contribution in [0.1, 0.15) is 56.6 Å². The van der Waals surface area contributed by atoms with Crippen LogP contribution in [0.25, 0.3) is 11.4 Å². The maximum Gasteiger partial charge on any atom is 0.159 e. The van der Waals surface area contributed by atoms with E-state index in [0.717, 1.165) is 55.4 Å². The van der Waals surface area contributed by atoms with Gasteiger partial charge in [-0.15, -0.1) is 0 Å². The number of hydrogen-bond acceptors (Lipinski definition) is 5. The molecule has 0 saturated carbocycles. The molecule has 34 heavy (non-hydrogen) atoms. The maximum atomic E-state index is 5.96. The fourth-order valence-corrected chi connectivity index (χ4v) is 3.77. The summed E-state index contributed by atoms with van der Waals surface area (Å²) in [6, 6.07) is 18.1. The van der Waals surface area contributed by atoms with E-state index in [4.69, 9.17) is 14.2 Å². The lowest BCUT2D eigenvalue weighted by Gasteiger charge is -2.25. The minimum Gasteiger partial charge on any atom is -0.486 e. The number of ether oxygens (including phenoxy) is 3. The van der Waals surface area contributed by atoms with Gasteiger partial charge in [-0.3, -0.25) is 0 Å². The molecule has 0 radical (unpaired) electrons. The SMILES string of the molecule is CC(CCCC#Cc1ccc(-c2ncc(OCc3ccccc3)cn2)cc1)OC1CCCCO1. The molecule has 1 aliphatic heterocycles. The Labute approximate surface area is 202 Å². The van der Waals surface area contributed by atoms with Gasteiger partial charge in [-0.05, 0) is 68.9 Å². The fraction of sp³-hybridized carbons (Fsp3) is 0.379. The molecule has 2 heterocycles. The van der Waals surface area contributed by atoms with Gasteiger partial charge in [0.25, 0.3) is 0 Å². The van der Waals surface area contributed by atoms with Crippen molar-refractivity contribution in [3.05, 3.63) is 78.1 Å². The summed E-state index contributed by atoms with van der Waals surface area (Å²) < 4.78 is 17.4. The molecule has 5 nitrogen and oxygen atoms in total. The first kappa shape index (κ1) is 23.9. The third kappa shape index (κ3) is 7.69. The topological polar surface area (TPSA) is 53.5 Å². The lowest BCUT2D eigenvalue weighted by Crippen LogP contribution is -2.26. The molecule has 176 valence electrons. The summed E-state index contributed by atoms with van der Waals surface area (Å²) in [5.41, 5.74) is 3.06. The largest absolute Gasteiger partial charge is 0.486 e. The molecule has 0 N–H and O–H groups in total. The minimum atomic E-state index is -0.0182. The van der Waals surface area contributed by atoms with E-state index in [1.165, 1.54) is 6.42 Å². The van der Waals surface area contributed by atoms with E-state index in [1.807, 2.05) is 54.6 Å². The van der Waals surface area contributed by atoms with Crippen LogP contribution in [0.4, 0.5) is 0 Å². The molecular formula is C29H32N2O3. The van der Waals surface area contributed by atoms with Gasteiger partial charge < -0.3 is 14.2 Å². The first-order chi connectivity index (χ1) is 16.8. The van der Waals surface area contributed by atoms with Gasteiger partial charge in [-0.2, -0.15) is 0 Å². The Morgan fingerprint density at radius 1 is 1.03 bits per heavy atom. The molecule has 0 amide bonds. The van der Waals surface area contributed by atoms with Crippen LogP contribution in [0.5, 0.6) is 5.75 Å². The summed E-state index contributed by atoms with van der Waals surface area (Å²) in [5.74, 6) is 7.84. The standard InChI is InChI=1S/C29H32N2O3/c1-23(34-28-14-8-9-19-32-28)10-4-2-5-11-24-15-17-26(18-16-24)29-30-20-27(21-31-29)33-22-25-12-6-3-7-13-25/h3,6-7,12-13,15-18,20-21,23,28H,2,4,8-10,14,19,22H2,1H3. The summed E-state index contributed by atoms with van der Waals surface area (Å²) in [7, 11) is 0. The van der Waals surface area contributed by atoms with Gasteiger partial charge in [-0.25, -0.2) is 9.97 Å². The van der Waals surface area contributed by atoms with Crippen molar-refractivity contribution in [1.29, 1.82) is 0 Å². The second-order valence-corrected chi connectivity index (χ2v) is 8.53. The zero-order chi connectivity index (χ0) is 23.4. The Kier molecular flexibility index (Phi) is 9.07. The highest BCUT2D eigenvalue weighted by atomic mass is 16.7. The number of hydrogen-bond donors (Lipinski definition) is 0. The fourth-order valence-electron chi connectivity index (χ4n) is 3.77. The van der Waals surface area contributed by atoms with Crippen molar-refractivity contribution in [1.82, 2.24) is 9.97 Å². The van der Waals surface area contributed by atoms with Crippen molar-refractivity contribution in [2.24, 2.45) is 0 Å². The Balaban J connectivity index is 1.20. The van der Waals surface area contributed by atoms with Gasteiger partial charge in [0.15, 0.2) is 17.9 Å². The van der Waals surface area contributed by atoms with Gasteiger partial charge in [0.1, 0.15) is 6.61 Å². The van der Waals surface area contributed by atoms with Gasteiger partial charge in [0, 0.05) is 24.2 Å². The highest BCUT2D eigenvalue weighted by Gasteiger charge is 2.16. The molecule has 1 saturated heterocycles. The monoisotopic (exact) mass is 456 g/mol. The van der Waals surface area contributed by atoms with Crippen LogP contribution >= 0.6 is 0 Å². The maximum absolute atomic E-state index is 5.96. The minimum absolute atomic E-state index is 0.0182. The number of unbranched alkanes of at least 4 members (excludes halogenated alkanes) is 1. The van der Waals surface area contributed by atoms with Crippen molar-refractivity contribution in [3.8, 4) is 29.0 Å². The molecule has 1 aromatic heterocycles. The molecule has 2 unspecified atom stereocenters. The Morgan fingerprint density at radius 3 is 2.56 bits per heavy atom. The van der Waals surface area contributed by atoms with Crippen molar-refractivity contribution in [2.45, 2.75) is 64.4 Å². The van der Waals surface area contributed by atoms with E-state index in [1.54, 1.807) is 12.4 Å². The third-order valence-electron chi connectivity index (χ3n) is 5.69. The van der Waals surface area contributed by atoms with Crippen LogP contribution < -0.4 is 4.74 Å². The van der Waals surface area contributed by atoms with Gasteiger partial charge in [0.05, 0.1) is 18.5 Å². The molecule has 0 aliphatic carbocycles. The molecule has 4 rings (SSSR count). The van der Waals surface area contributed by atoms with Crippen molar-refractivity contribution in [2.75, 3.05) is 6.61 Å². The predicted octanol–water partition coefficient (Wildman–Crippen LogP) is 6.18. The molecular weight excluding hydrogens is 424 g/mol. The van der Waals surface area contributed by atoms with Crippen molar-refractivity contribution >= 4 is 0 Å². The van der Waals surface area contributed by atoms with Crippen molar-refractivity contribution < 1.29 is 14.2 Å². The van der Waals surface area contributed by atoms with Crippen LogP contribution in [0.3, 0.4) is 0 Å². The number of benzene rings is 2. The lowest BCUT2D eigenvalue weighted by molar-refractivity contribution is -0.185. The molecule has 2 atom stereocenters. The average Bonchev–Trinajstić information content (AvgIpc) is 2.89. The number of nitrogens with zero attached hydrogens (tertiary/aromatic N) is 2. The molecule has 1 aliphatic rings. The van der Waals surface area contributed by atoms with Crippen LogP contribution in [0.2, 0.25) is 0 Å². The molecule has 0 bridgehead atoms. The summed E-state index contributed by atoms with van der Waals surface area (Å²) in [4.78, 5) is 8.89. The molecule has 1 fully saturated rings. The second kappa shape index (κ2) is 12.9. The lowest BCUT2D eigenvalue weighted by atomic mass is 10.1. The van der Waals surface area contributed by atoms with Crippen LogP contribution in [0.15, 0.2) is 67.0 Å². The average molecular weight is 457 g/mol. The molecule has 5 heteroatoms. The summed E-state index contributed by atoms with van der Waals surface area (Å²) in [6.07, 6.45) is 9.84. The van der Waals surface area contributed by atoms with E-state index in [-0.39, 0.29) is 12.4 Å². The Bertz CT molecular complexity index is 1050. The van der Waals surface area contributed by atoms with Gasteiger partial charge in [-0.1, -0.05) is 42.2 Å². The van der Waals surface area contributed by atoms with Crippen LogP contribution in [-0.2, 0) is 16.1 Å². The summed E-state index contributed by atoms with van der Waals surface area (Å²) >= 11 is 0. The first-order valence-electron chi connectivity index (χ1n) is 12.1. The molecule has 3 aromatic rings. The smallest absolute Gasteiger partial charge is 0.159 e. The second-order valence-electron chi connectivity index (χ2n) is 8.53. The Hall–Kier alpha value is -3.20. The highest BCUT2D eigenvalue weighted by Crippen LogP contribution is 2.19. The van der Waals surface area contributed by atoms with E-state index in [9.17, 15) is 0 Å². The zero-order valence-corrected chi connectivity index (χ0v) is 19.8. The Morgan fingerprint density at radius 2 is 1.82 bits per heavy atom. The summed E-state index contributed by atoms with van der Waals surface area (Å²) in [6.45, 7) is 3.44. The highest BCUT2D eigenvalue weighted by molar-refractivity contribution is 5.56. The zero-order valence-electron chi connectivity index (χ0n) is 19.8. The number of aromatic nitrogens is 2. The van der Waals surface area contributed by atoms with E-state index < -0.39 is 0 Å². The van der Waals surface area contributed by atoms with Gasteiger partial charge >= 0.3 is 0 Å². The number of rotatable bonds is 9. The van der Waals surface area contributed by atoms with E-state index >= 15 is 0 Å². The third-order valence-corrected chi connectivity index (χ3v) is 5.69. The molecule has 2 aromatic carbocycles. The van der Waals surface area contributed by atoms with Crippen LogP contribution in [-0.4, -0.2) is 29.0 Å². The quantitative estimate of drug-likeness (QED) is 0.284. The predicted molar refractivity (Wildman–Crippen MR) is 133 cm³/mol. The normalized spacial score (nSPS) is 16.3. The van der Waals surface area contributed by atoms with Crippen molar-refractivity contribution in [3.63, 3.8) is 0 Å². The first-order valence-corrected chi connectivity index (χ1v) is 12.1.